The maximum Gasteiger partial charge on any atom is 0.225 e. The van der Waals surface area contributed by atoms with Crippen molar-refractivity contribution in [3.8, 4) is 5.75 Å². The van der Waals surface area contributed by atoms with Gasteiger partial charge in [-0.05, 0) is 18.9 Å². The molecule has 2 N–H and O–H groups in total. The predicted molar refractivity (Wildman–Crippen MR) is 74.9 cm³/mol. The summed E-state index contributed by atoms with van der Waals surface area (Å²) in [4.78, 5) is 12.0. The Bertz CT molecular complexity index is 428. The van der Waals surface area contributed by atoms with Crippen molar-refractivity contribution in [1.82, 2.24) is 5.32 Å². The minimum absolute atomic E-state index is 0.0159. The van der Waals surface area contributed by atoms with Crippen LogP contribution in [0, 0.1) is 0 Å². The molecule has 0 atom stereocenters. The number of alkyl halides is 1. The van der Waals surface area contributed by atoms with Crippen LogP contribution in [-0.2, 0) is 11.2 Å². The highest BCUT2D eigenvalue weighted by Gasteiger charge is 2.34. The summed E-state index contributed by atoms with van der Waals surface area (Å²) in [7, 11) is 0. The molecule has 0 heterocycles. The smallest absolute Gasteiger partial charge is 0.225 e. The van der Waals surface area contributed by atoms with Gasteiger partial charge in [-0.25, -0.2) is 0 Å². The van der Waals surface area contributed by atoms with E-state index in [1.54, 1.807) is 18.2 Å². The number of phenolic OH excluding ortho intramolecular Hbond substituents is 1. The van der Waals surface area contributed by atoms with Crippen LogP contribution < -0.4 is 5.32 Å². The number of hydrogen-bond donors (Lipinski definition) is 2. The summed E-state index contributed by atoms with van der Waals surface area (Å²) in [6.45, 7) is 0. The molecule has 1 aromatic carbocycles. The van der Waals surface area contributed by atoms with Crippen molar-refractivity contribution >= 4 is 21.8 Å². The summed E-state index contributed by atoms with van der Waals surface area (Å²) in [5.74, 6) is 0.171. The summed E-state index contributed by atoms with van der Waals surface area (Å²) in [6, 6.07) is 6.98. The predicted octanol–water partition coefficient (Wildman–Crippen LogP) is 2.76. The Kier molecular flexibility index (Phi) is 4.27. The van der Waals surface area contributed by atoms with Crippen molar-refractivity contribution in [3.63, 3.8) is 0 Å². The minimum Gasteiger partial charge on any atom is -0.508 e. The number of para-hydroxylation sites is 1. The molecule has 0 bridgehead atoms. The first-order chi connectivity index (χ1) is 8.65. The molecule has 0 aliphatic heterocycles. The van der Waals surface area contributed by atoms with E-state index >= 15 is 0 Å². The van der Waals surface area contributed by atoms with Crippen LogP contribution in [0.5, 0.6) is 5.75 Å². The normalized spacial score (nSPS) is 17.6. The monoisotopic (exact) mass is 311 g/mol. The van der Waals surface area contributed by atoms with Crippen LogP contribution in [0.4, 0.5) is 0 Å². The molecule has 0 spiro atoms. The fourth-order valence-corrected chi connectivity index (χ4v) is 3.22. The lowest BCUT2D eigenvalue weighted by Gasteiger charge is -2.28. The number of phenols is 1. The Morgan fingerprint density at radius 1 is 1.33 bits per heavy atom. The summed E-state index contributed by atoms with van der Waals surface area (Å²) < 4.78 is 0. The second kappa shape index (κ2) is 5.74. The number of aromatic hydroxyl groups is 1. The number of hydrogen-bond acceptors (Lipinski definition) is 2. The number of halogens is 1. The molecule has 1 aliphatic rings. The average Bonchev–Trinajstić information content (AvgIpc) is 2.81. The number of carbonyl (C=O) groups excluding carboxylic acids is 1. The lowest BCUT2D eigenvalue weighted by atomic mass is 10.00. The van der Waals surface area contributed by atoms with E-state index in [-0.39, 0.29) is 23.6 Å². The van der Waals surface area contributed by atoms with Gasteiger partial charge in [0.1, 0.15) is 5.75 Å². The first kappa shape index (κ1) is 13.4. The Labute approximate surface area is 116 Å². The zero-order chi connectivity index (χ0) is 13.0. The third kappa shape index (κ3) is 3.05. The van der Waals surface area contributed by atoms with Crippen molar-refractivity contribution in [2.45, 2.75) is 37.6 Å². The summed E-state index contributed by atoms with van der Waals surface area (Å²) >= 11 is 3.50. The van der Waals surface area contributed by atoms with Gasteiger partial charge in [0, 0.05) is 16.4 Å². The van der Waals surface area contributed by atoms with Crippen LogP contribution in [0.1, 0.15) is 31.2 Å². The number of benzene rings is 1. The molecule has 1 amide bonds. The Hall–Kier alpha value is -1.03. The van der Waals surface area contributed by atoms with E-state index < -0.39 is 0 Å². The molecule has 4 heteroatoms. The van der Waals surface area contributed by atoms with Crippen LogP contribution in [0.3, 0.4) is 0 Å². The molecule has 1 aliphatic carbocycles. The zero-order valence-electron chi connectivity index (χ0n) is 10.3. The van der Waals surface area contributed by atoms with Crippen LogP contribution in [0.25, 0.3) is 0 Å². The quantitative estimate of drug-likeness (QED) is 0.840. The molecular weight excluding hydrogens is 294 g/mol. The third-order valence-corrected chi connectivity index (χ3v) is 4.64. The van der Waals surface area contributed by atoms with Gasteiger partial charge >= 0.3 is 0 Å². The molecule has 98 valence electrons. The van der Waals surface area contributed by atoms with Crippen LogP contribution in [-0.4, -0.2) is 21.9 Å². The van der Waals surface area contributed by atoms with Gasteiger partial charge in [0.2, 0.25) is 5.91 Å². The van der Waals surface area contributed by atoms with E-state index in [1.807, 2.05) is 6.07 Å². The molecule has 2 rings (SSSR count). The molecular formula is C14H18BrNO2. The highest BCUT2D eigenvalue weighted by Crippen LogP contribution is 2.31. The minimum atomic E-state index is -0.0819. The highest BCUT2D eigenvalue weighted by atomic mass is 79.9. The standard InChI is InChI=1S/C14H18BrNO2/c15-10-14(7-3-4-8-14)16-13(18)9-11-5-1-2-6-12(11)17/h1-2,5-6,17H,3-4,7-10H2,(H,16,18). The largest absolute Gasteiger partial charge is 0.508 e. The average molecular weight is 312 g/mol. The Balaban J connectivity index is 1.98. The maximum atomic E-state index is 12.0. The molecule has 0 aromatic heterocycles. The lowest BCUT2D eigenvalue weighted by Crippen LogP contribution is -2.48. The molecule has 1 fully saturated rings. The summed E-state index contributed by atoms with van der Waals surface area (Å²) in [5, 5.41) is 13.6. The molecule has 18 heavy (non-hydrogen) atoms. The second-order valence-electron chi connectivity index (χ2n) is 4.97. The number of nitrogens with one attached hydrogen (secondary N) is 1. The van der Waals surface area contributed by atoms with E-state index in [0.29, 0.717) is 5.56 Å². The maximum absolute atomic E-state index is 12.0. The van der Waals surface area contributed by atoms with Gasteiger partial charge in [-0.1, -0.05) is 47.0 Å². The first-order valence-corrected chi connectivity index (χ1v) is 7.41. The van der Waals surface area contributed by atoms with Gasteiger partial charge in [0.05, 0.1) is 6.42 Å². The van der Waals surface area contributed by atoms with Crippen molar-refractivity contribution in [1.29, 1.82) is 0 Å². The number of rotatable bonds is 4. The van der Waals surface area contributed by atoms with Crippen LogP contribution in [0.2, 0.25) is 0 Å². The second-order valence-corrected chi connectivity index (χ2v) is 5.54. The summed E-state index contributed by atoms with van der Waals surface area (Å²) in [5.41, 5.74) is 0.597. The van der Waals surface area contributed by atoms with Gasteiger partial charge in [-0.15, -0.1) is 0 Å². The zero-order valence-corrected chi connectivity index (χ0v) is 11.9. The first-order valence-electron chi connectivity index (χ1n) is 6.29. The van der Waals surface area contributed by atoms with Crippen molar-refractivity contribution < 1.29 is 9.90 Å². The van der Waals surface area contributed by atoms with E-state index in [0.717, 1.165) is 18.2 Å². The molecule has 1 aromatic rings. The number of amides is 1. The van der Waals surface area contributed by atoms with Crippen molar-refractivity contribution in [3.05, 3.63) is 29.8 Å². The van der Waals surface area contributed by atoms with E-state index in [4.69, 9.17) is 0 Å². The van der Waals surface area contributed by atoms with Crippen molar-refractivity contribution in [2.24, 2.45) is 0 Å². The van der Waals surface area contributed by atoms with Gasteiger partial charge in [0.25, 0.3) is 0 Å². The molecule has 0 unspecified atom stereocenters. The third-order valence-electron chi connectivity index (χ3n) is 3.56. The molecule has 3 nitrogen and oxygen atoms in total. The van der Waals surface area contributed by atoms with E-state index in [1.165, 1.54) is 12.8 Å². The fourth-order valence-electron chi connectivity index (χ4n) is 2.52. The lowest BCUT2D eigenvalue weighted by molar-refractivity contribution is -0.122. The number of carbonyl (C=O) groups is 1. The van der Waals surface area contributed by atoms with Crippen LogP contribution in [0.15, 0.2) is 24.3 Å². The highest BCUT2D eigenvalue weighted by molar-refractivity contribution is 9.09. The van der Waals surface area contributed by atoms with Gasteiger partial charge < -0.3 is 10.4 Å². The molecule has 1 saturated carbocycles. The summed E-state index contributed by atoms with van der Waals surface area (Å²) in [6.07, 6.45) is 4.64. The molecule has 0 radical (unpaired) electrons. The van der Waals surface area contributed by atoms with Crippen molar-refractivity contribution in [2.75, 3.05) is 5.33 Å². The van der Waals surface area contributed by atoms with Gasteiger partial charge in [-0.2, -0.15) is 0 Å². The Morgan fingerprint density at radius 2 is 2.00 bits per heavy atom. The van der Waals surface area contributed by atoms with Crippen LogP contribution >= 0.6 is 15.9 Å². The topological polar surface area (TPSA) is 49.3 Å². The van der Waals surface area contributed by atoms with Gasteiger partial charge in [0.15, 0.2) is 0 Å². The fraction of sp³-hybridized carbons (Fsp3) is 0.500. The molecule has 0 saturated heterocycles. The van der Waals surface area contributed by atoms with E-state index in [9.17, 15) is 9.90 Å². The van der Waals surface area contributed by atoms with E-state index in [2.05, 4.69) is 21.2 Å². The van der Waals surface area contributed by atoms with Gasteiger partial charge in [-0.3, -0.25) is 4.79 Å². The Morgan fingerprint density at radius 3 is 2.61 bits per heavy atom. The SMILES string of the molecule is O=C(Cc1ccccc1O)NC1(CBr)CCCC1.